The lowest BCUT2D eigenvalue weighted by molar-refractivity contribution is 0.0691. The zero-order chi connectivity index (χ0) is 12.9. The quantitative estimate of drug-likeness (QED) is 0.583. The molecule has 7 heteroatoms. The molecule has 2 heterocycles. The van der Waals surface area contributed by atoms with Crippen LogP contribution in [0.3, 0.4) is 0 Å². The van der Waals surface area contributed by atoms with Gasteiger partial charge in [-0.1, -0.05) is 0 Å². The summed E-state index contributed by atoms with van der Waals surface area (Å²) in [5.41, 5.74) is 0.289. The van der Waals surface area contributed by atoms with Crippen molar-refractivity contribution in [2.24, 2.45) is 0 Å². The average Bonchev–Trinajstić information content (AvgIpc) is 2.65. The van der Waals surface area contributed by atoms with E-state index in [1.807, 2.05) is 0 Å². The van der Waals surface area contributed by atoms with E-state index in [0.29, 0.717) is 11.0 Å². The highest BCUT2D eigenvalue weighted by molar-refractivity contribution is 5.94. The summed E-state index contributed by atoms with van der Waals surface area (Å²) in [4.78, 5) is 38.6. The summed E-state index contributed by atoms with van der Waals surface area (Å²) in [6.07, 6.45) is 0. The predicted molar refractivity (Wildman–Crippen MR) is 61.9 cm³/mol. The molecule has 0 saturated carbocycles. The Balaban J connectivity index is 2.49. The molecular weight excluding hydrogens is 240 g/mol. The van der Waals surface area contributed by atoms with E-state index in [9.17, 15) is 14.4 Å². The van der Waals surface area contributed by atoms with Gasteiger partial charge in [0.1, 0.15) is 5.69 Å². The number of rotatable bonds is 1. The molecule has 3 N–H and O–H groups in total. The maximum atomic E-state index is 11.7. The number of carbonyl (C=O) groups is 1. The van der Waals surface area contributed by atoms with Crippen molar-refractivity contribution >= 4 is 28.0 Å². The lowest BCUT2D eigenvalue weighted by Gasteiger charge is -1.99. The molecule has 0 saturated heterocycles. The molecule has 18 heavy (non-hydrogen) atoms. The van der Waals surface area contributed by atoms with Crippen molar-refractivity contribution in [1.82, 2.24) is 9.97 Å². The second-order valence-corrected chi connectivity index (χ2v) is 3.76. The third kappa shape index (κ3) is 1.41. The van der Waals surface area contributed by atoms with Crippen molar-refractivity contribution in [2.75, 3.05) is 0 Å². The van der Waals surface area contributed by atoms with Gasteiger partial charge >= 0.3 is 11.7 Å². The van der Waals surface area contributed by atoms with Crippen molar-refractivity contribution in [3.05, 3.63) is 44.7 Å². The fraction of sp³-hybridized carbons (Fsp3) is 0. The first-order valence-electron chi connectivity index (χ1n) is 4.98. The Morgan fingerprint density at radius 2 is 1.89 bits per heavy atom. The molecule has 0 aliphatic heterocycles. The fourth-order valence-electron chi connectivity index (χ4n) is 1.81. The molecule has 0 fully saturated rings. The molecule has 0 spiro atoms. The normalized spacial score (nSPS) is 11.1. The summed E-state index contributed by atoms with van der Waals surface area (Å²) >= 11 is 0. The number of aromatic amines is 2. The third-order valence-corrected chi connectivity index (χ3v) is 2.60. The van der Waals surface area contributed by atoms with Crippen molar-refractivity contribution in [3.8, 4) is 0 Å². The SMILES string of the molecule is O=C(O)c1cc(=O)c2cc3[nH]c(=O)oc3cc2[nH]1. The molecule has 0 aliphatic carbocycles. The zero-order valence-corrected chi connectivity index (χ0v) is 8.81. The van der Waals surface area contributed by atoms with E-state index in [-0.39, 0.29) is 16.7 Å². The summed E-state index contributed by atoms with van der Waals surface area (Å²) in [6.45, 7) is 0. The van der Waals surface area contributed by atoms with Gasteiger partial charge in [-0.3, -0.25) is 9.78 Å². The van der Waals surface area contributed by atoms with Crippen LogP contribution >= 0.6 is 0 Å². The monoisotopic (exact) mass is 246 g/mol. The van der Waals surface area contributed by atoms with Gasteiger partial charge in [0.15, 0.2) is 11.0 Å². The molecule has 3 rings (SSSR count). The van der Waals surface area contributed by atoms with Crippen LogP contribution in [-0.2, 0) is 0 Å². The van der Waals surface area contributed by atoms with Crippen molar-refractivity contribution in [3.63, 3.8) is 0 Å². The number of oxazole rings is 1. The minimum absolute atomic E-state index is 0.218. The van der Waals surface area contributed by atoms with Gasteiger partial charge in [0, 0.05) is 17.5 Å². The van der Waals surface area contributed by atoms with E-state index in [2.05, 4.69) is 9.97 Å². The van der Waals surface area contributed by atoms with E-state index < -0.39 is 17.2 Å². The Morgan fingerprint density at radius 1 is 1.11 bits per heavy atom. The number of nitrogens with one attached hydrogen (secondary N) is 2. The number of fused-ring (bicyclic) bond motifs is 2. The minimum atomic E-state index is -1.23. The van der Waals surface area contributed by atoms with Crippen LogP contribution < -0.4 is 11.2 Å². The second kappa shape index (κ2) is 3.33. The molecule has 3 aromatic rings. The number of pyridine rings is 1. The Bertz CT molecular complexity index is 899. The minimum Gasteiger partial charge on any atom is -0.477 e. The Morgan fingerprint density at radius 3 is 2.61 bits per heavy atom. The number of benzene rings is 1. The lowest BCUT2D eigenvalue weighted by atomic mass is 10.2. The van der Waals surface area contributed by atoms with E-state index in [4.69, 9.17) is 9.52 Å². The summed E-state index contributed by atoms with van der Waals surface area (Å²) in [5.74, 6) is -1.86. The summed E-state index contributed by atoms with van der Waals surface area (Å²) in [5, 5.41) is 9.12. The van der Waals surface area contributed by atoms with Gasteiger partial charge in [0.05, 0.1) is 11.0 Å². The van der Waals surface area contributed by atoms with Gasteiger partial charge in [0.2, 0.25) is 0 Å². The lowest BCUT2D eigenvalue weighted by Crippen LogP contribution is -2.09. The van der Waals surface area contributed by atoms with E-state index in [0.717, 1.165) is 6.07 Å². The highest BCUT2D eigenvalue weighted by Gasteiger charge is 2.10. The first kappa shape index (κ1) is 10.3. The number of aromatic nitrogens is 2. The summed E-state index contributed by atoms with van der Waals surface area (Å²) < 4.78 is 4.84. The van der Waals surface area contributed by atoms with Gasteiger partial charge in [-0.25, -0.2) is 9.59 Å². The van der Waals surface area contributed by atoms with Crippen LogP contribution in [0.5, 0.6) is 0 Å². The maximum absolute atomic E-state index is 11.7. The van der Waals surface area contributed by atoms with Gasteiger partial charge in [-0.2, -0.15) is 0 Å². The van der Waals surface area contributed by atoms with Gasteiger partial charge in [-0.05, 0) is 6.07 Å². The van der Waals surface area contributed by atoms with Gasteiger partial charge in [-0.15, -0.1) is 0 Å². The molecule has 0 radical (unpaired) electrons. The number of hydrogen-bond acceptors (Lipinski definition) is 4. The molecule has 0 bridgehead atoms. The van der Waals surface area contributed by atoms with E-state index >= 15 is 0 Å². The number of carboxylic acids is 1. The average molecular weight is 246 g/mol. The Labute approximate surface area is 97.7 Å². The molecule has 0 aliphatic rings. The van der Waals surface area contributed by atoms with Gasteiger partial charge in [0.25, 0.3) is 0 Å². The molecule has 0 unspecified atom stereocenters. The molecule has 90 valence electrons. The topological polar surface area (TPSA) is 116 Å². The van der Waals surface area contributed by atoms with E-state index in [1.165, 1.54) is 12.1 Å². The molecule has 0 amide bonds. The van der Waals surface area contributed by atoms with Crippen molar-refractivity contribution in [2.45, 2.75) is 0 Å². The molecular formula is C11H6N2O5. The van der Waals surface area contributed by atoms with E-state index in [1.54, 1.807) is 0 Å². The Hall–Kier alpha value is -2.83. The number of carboxylic acid groups (broad SMARTS) is 1. The zero-order valence-electron chi connectivity index (χ0n) is 8.81. The molecule has 2 aromatic heterocycles. The highest BCUT2D eigenvalue weighted by atomic mass is 16.4. The number of aromatic carboxylic acids is 1. The van der Waals surface area contributed by atoms with Crippen LogP contribution in [0.2, 0.25) is 0 Å². The second-order valence-electron chi connectivity index (χ2n) is 3.76. The standard InChI is InChI=1S/C11H6N2O5/c14-8-2-7(10(15)16)12-5-3-9-6(1-4(5)8)13-11(17)18-9/h1-3H,(H,12,14)(H,13,17)(H,15,16). The first-order chi connectivity index (χ1) is 8.54. The fourth-order valence-corrected chi connectivity index (χ4v) is 1.81. The Kier molecular flexibility index (Phi) is 1.91. The number of H-pyrrole nitrogens is 2. The summed E-state index contributed by atoms with van der Waals surface area (Å²) in [7, 11) is 0. The van der Waals surface area contributed by atoms with Crippen molar-refractivity contribution in [1.29, 1.82) is 0 Å². The van der Waals surface area contributed by atoms with Crippen LogP contribution in [0.15, 0.2) is 32.2 Å². The molecule has 1 aromatic carbocycles. The third-order valence-electron chi connectivity index (χ3n) is 2.60. The van der Waals surface area contributed by atoms with Crippen LogP contribution in [-0.4, -0.2) is 21.0 Å². The largest absolute Gasteiger partial charge is 0.477 e. The predicted octanol–water partition coefficient (Wildman–Crippen LogP) is 0.661. The van der Waals surface area contributed by atoms with Crippen LogP contribution in [0.1, 0.15) is 10.5 Å². The molecule has 7 nitrogen and oxygen atoms in total. The smallest absolute Gasteiger partial charge is 0.417 e. The maximum Gasteiger partial charge on any atom is 0.417 e. The van der Waals surface area contributed by atoms with Crippen LogP contribution in [0.25, 0.3) is 22.0 Å². The summed E-state index contributed by atoms with van der Waals surface area (Å²) in [6, 6.07) is 3.85. The van der Waals surface area contributed by atoms with Gasteiger partial charge < -0.3 is 14.5 Å². The van der Waals surface area contributed by atoms with Crippen LogP contribution in [0.4, 0.5) is 0 Å². The highest BCUT2D eigenvalue weighted by Crippen LogP contribution is 2.17. The van der Waals surface area contributed by atoms with Crippen molar-refractivity contribution < 1.29 is 14.3 Å². The van der Waals surface area contributed by atoms with Crippen LogP contribution in [0, 0.1) is 0 Å². The number of hydrogen-bond donors (Lipinski definition) is 3. The molecule has 0 atom stereocenters. The first-order valence-corrected chi connectivity index (χ1v) is 4.98.